The average molecular weight is 241 g/mol. The molecule has 0 aromatic rings. The van der Waals surface area contributed by atoms with Crippen molar-refractivity contribution in [1.82, 2.24) is 5.32 Å². The van der Waals surface area contributed by atoms with Gasteiger partial charge in [-0.05, 0) is 57.8 Å². The van der Waals surface area contributed by atoms with Crippen molar-refractivity contribution in [2.75, 3.05) is 19.8 Å². The Morgan fingerprint density at radius 1 is 1.29 bits per heavy atom. The second-order valence-corrected chi connectivity index (χ2v) is 6.19. The number of hydrogen-bond donors (Lipinski definition) is 2. The van der Waals surface area contributed by atoms with Crippen molar-refractivity contribution in [3.63, 3.8) is 0 Å². The third-order valence-corrected chi connectivity index (χ3v) is 4.41. The Morgan fingerprint density at radius 2 is 1.94 bits per heavy atom. The third-order valence-electron chi connectivity index (χ3n) is 4.41. The summed E-state index contributed by atoms with van der Waals surface area (Å²) in [5, 5.41) is 13.2. The molecule has 0 amide bonds. The van der Waals surface area contributed by atoms with Crippen LogP contribution in [-0.2, 0) is 4.74 Å². The maximum atomic E-state index is 9.57. The number of nitrogens with one attached hydrogen (secondary N) is 1. The van der Waals surface area contributed by atoms with Crippen molar-refractivity contribution in [2.45, 2.75) is 57.5 Å². The van der Waals surface area contributed by atoms with Crippen LogP contribution in [0, 0.1) is 11.8 Å². The second kappa shape index (κ2) is 5.68. The Balaban J connectivity index is 1.76. The number of hydrogen-bond acceptors (Lipinski definition) is 3. The van der Waals surface area contributed by atoms with E-state index in [-0.39, 0.29) is 12.1 Å². The quantitative estimate of drug-likeness (QED) is 0.747. The van der Waals surface area contributed by atoms with Gasteiger partial charge in [-0.25, -0.2) is 0 Å². The second-order valence-electron chi connectivity index (χ2n) is 6.19. The predicted molar refractivity (Wildman–Crippen MR) is 69.0 cm³/mol. The summed E-state index contributed by atoms with van der Waals surface area (Å²) >= 11 is 0. The molecule has 2 atom stereocenters. The van der Waals surface area contributed by atoms with Gasteiger partial charge in [0.2, 0.25) is 0 Å². The molecule has 1 saturated carbocycles. The predicted octanol–water partition coefficient (Wildman–Crippen LogP) is 1.94. The molecule has 1 heterocycles. The molecule has 100 valence electrons. The molecule has 2 unspecified atom stereocenters. The summed E-state index contributed by atoms with van der Waals surface area (Å²) < 4.78 is 5.39. The Bertz CT molecular complexity index is 236. The van der Waals surface area contributed by atoms with Crippen LogP contribution < -0.4 is 5.32 Å². The topological polar surface area (TPSA) is 41.5 Å². The van der Waals surface area contributed by atoms with Gasteiger partial charge in [-0.1, -0.05) is 0 Å². The van der Waals surface area contributed by atoms with Crippen LogP contribution in [0.1, 0.15) is 46.0 Å². The number of aliphatic hydroxyl groups excluding tert-OH is 1. The summed E-state index contributed by atoms with van der Waals surface area (Å²) in [6.45, 7) is 6.54. The average Bonchev–Trinajstić information content (AvgIpc) is 3.14. The van der Waals surface area contributed by atoms with Gasteiger partial charge >= 0.3 is 0 Å². The molecule has 1 aliphatic heterocycles. The van der Waals surface area contributed by atoms with Crippen LogP contribution in [0.15, 0.2) is 0 Å². The lowest BCUT2D eigenvalue weighted by molar-refractivity contribution is 0.0576. The highest BCUT2D eigenvalue weighted by Gasteiger charge is 2.41. The van der Waals surface area contributed by atoms with Crippen molar-refractivity contribution in [2.24, 2.45) is 11.8 Å². The zero-order valence-electron chi connectivity index (χ0n) is 11.2. The maximum Gasteiger partial charge on any atom is 0.0613 e. The Labute approximate surface area is 105 Å². The van der Waals surface area contributed by atoms with E-state index in [1.807, 2.05) is 0 Å². The summed E-state index contributed by atoms with van der Waals surface area (Å²) in [5.41, 5.74) is -0.0510. The van der Waals surface area contributed by atoms with Crippen LogP contribution in [0.3, 0.4) is 0 Å². The van der Waals surface area contributed by atoms with Crippen LogP contribution in [0.2, 0.25) is 0 Å². The normalized spacial score (nSPS) is 27.7. The molecular weight excluding hydrogens is 214 g/mol. The first-order chi connectivity index (χ1) is 8.14. The van der Waals surface area contributed by atoms with Crippen LogP contribution in [0.5, 0.6) is 0 Å². The molecule has 17 heavy (non-hydrogen) atoms. The van der Waals surface area contributed by atoms with Crippen LogP contribution in [0.25, 0.3) is 0 Å². The van der Waals surface area contributed by atoms with Crippen molar-refractivity contribution in [1.29, 1.82) is 0 Å². The van der Waals surface area contributed by atoms with E-state index in [0.29, 0.717) is 12.0 Å². The molecule has 0 spiro atoms. The monoisotopic (exact) mass is 241 g/mol. The van der Waals surface area contributed by atoms with Gasteiger partial charge in [0, 0.05) is 24.8 Å². The number of ether oxygens (including phenoxy) is 1. The molecular formula is C14H27NO2. The summed E-state index contributed by atoms with van der Waals surface area (Å²) in [7, 11) is 0. The molecule has 3 nitrogen and oxygen atoms in total. The highest BCUT2D eigenvalue weighted by atomic mass is 16.5. The minimum atomic E-state index is -0.0510. The SMILES string of the molecule is CC(CC1CCOCC1)NC(C)(CO)C1CC1. The van der Waals surface area contributed by atoms with Crippen LogP contribution >= 0.6 is 0 Å². The molecule has 0 bridgehead atoms. The molecule has 0 radical (unpaired) electrons. The van der Waals surface area contributed by atoms with Crippen LogP contribution in [0.4, 0.5) is 0 Å². The summed E-state index contributed by atoms with van der Waals surface area (Å²) in [5.74, 6) is 1.48. The first kappa shape index (κ1) is 13.3. The highest BCUT2D eigenvalue weighted by Crippen LogP contribution is 2.39. The fourth-order valence-electron chi connectivity index (χ4n) is 3.12. The molecule has 1 saturated heterocycles. The molecule has 3 heteroatoms. The minimum Gasteiger partial charge on any atom is -0.394 e. The highest BCUT2D eigenvalue weighted by molar-refractivity contribution is 4.98. The molecule has 2 aliphatic rings. The van der Waals surface area contributed by atoms with Crippen molar-refractivity contribution in [3.05, 3.63) is 0 Å². The lowest BCUT2D eigenvalue weighted by atomic mass is 9.90. The lowest BCUT2D eigenvalue weighted by Gasteiger charge is -2.34. The molecule has 0 aromatic carbocycles. The van der Waals surface area contributed by atoms with E-state index < -0.39 is 0 Å². The fraction of sp³-hybridized carbons (Fsp3) is 1.00. The van der Waals surface area contributed by atoms with E-state index in [1.165, 1.54) is 32.1 Å². The van der Waals surface area contributed by atoms with Crippen molar-refractivity contribution < 1.29 is 9.84 Å². The summed E-state index contributed by atoms with van der Waals surface area (Å²) in [6, 6.07) is 0.496. The largest absolute Gasteiger partial charge is 0.394 e. The Hall–Kier alpha value is -0.120. The third kappa shape index (κ3) is 3.67. The molecule has 2 N–H and O–H groups in total. The van der Waals surface area contributed by atoms with Gasteiger partial charge < -0.3 is 15.2 Å². The summed E-state index contributed by atoms with van der Waals surface area (Å²) in [4.78, 5) is 0. The first-order valence-corrected chi connectivity index (χ1v) is 7.10. The number of rotatable bonds is 6. The van der Waals surface area contributed by atoms with Gasteiger partial charge in [-0.2, -0.15) is 0 Å². The first-order valence-electron chi connectivity index (χ1n) is 7.10. The molecule has 2 fully saturated rings. The number of aliphatic hydroxyl groups is 1. The van der Waals surface area contributed by atoms with Gasteiger partial charge in [0.25, 0.3) is 0 Å². The van der Waals surface area contributed by atoms with Crippen molar-refractivity contribution in [3.8, 4) is 0 Å². The van der Waals surface area contributed by atoms with E-state index in [1.54, 1.807) is 0 Å². The van der Waals surface area contributed by atoms with Gasteiger partial charge in [-0.3, -0.25) is 0 Å². The van der Waals surface area contributed by atoms with Gasteiger partial charge in [0.15, 0.2) is 0 Å². The smallest absolute Gasteiger partial charge is 0.0613 e. The lowest BCUT2D eigenvalue weighted by Crippen LogP contribution is -2.52. The van der Waals surface area contributed by atoms with Crippen molar-refractivity contribution >= 4 is 0 Å². The zero-order chi connectivity index (χ0) is 12.3. The summed E-state index contributed by atoms with van der Waals surface area (Å²) in [6.07, 6.45) is 6.16. The van der Waals surface area contributed by atoms with Gasteiger partial charge in [0.1, 0.15) is 0 Å². The van der Waals surface area contributed by atoms with Crippen LogP contribution in [-0.4, -0.2) is 36.5 Å². The molecule has 2 rings (SSSR count). The van der Waals surface area contributed by atoms with E-state index in [4.69, 9.17) is 4.74 Å². The minimum absolute atomic E-state index is 0.0510. The molecule has 0 aromatic heterocycles. The Morgan fingerprint density at radius 3 is 2.47 bits per heavy atom. The van der Waals surface area contributed by atoms with E-state index in [0.717, 1.165) is 19.1 Å². The van der Waals surface area contributed by atoms with Gasteiger partial charge in [-0.15, -0.1) is 0 Å². The zero-order valence-corrected chi connectivity index (χ0v) is 11.2. The maximum absolute atomic E-state index is 9.57. The standard InChI is InChI=1S/C14H27NO2/c1-11(9-12-5-7-17-8-6-12)15-14(2,10-16)13-3-4-13/h11-13,15-16H,3-10H2,1-2H3. The Kier molecular flexibility index (Phi) is 4.45. The van der Waals surface area contributed by atoms with E-state index in [9.17, 15) is 5.11 Å². The van der Waals surface area contributed by atoms with E-state index in [2.05, 4.69) is 19.2 Å². The van der Waals surface area contributed by atoms with E-state index >= 15 is 0 Å². The van der Waals surface area contributed by atoms with Gasteiger partial charge in [0.05, 0.1) is 6.61 Å². The fourth-order valence-corrected chi connectivity index (χ4v) is 3.12. The molecule has 1 aliphatic carbocycles.